The highest BCUT2D eigenvalue weighted by Gasteiger charge is 2.29. The maximum absolute atomic E-state index is 13.4. The Morgan fingerprint density at radius 1 is 1.29 bits per heavy atom. The highest BCUT2D eigenvalue weighted by atomic mass is 19.1. The van der Waals surface area contributed by atoms with E-state index in [-0.39, 0.29) is 5.82 Å². The van der Waals surface area contributed by atoms with Crippen LogP contribution in [0.25, 0.3) is 10.9 Å². The lowest BCUT2D eigenvalue weighted by Crippen LogP contribution is -1.98. The molecule has 1 heterocycles. The Kier molecular flexibility index (Phi) is 2.39. The molecule has 1 fully saturated rings. The molecular formula is C15H16FN. The van der Waals surface area contributed by atoms with E-state index in [0.717, 1.165) is 10.9 Å². The van der Waals surface area contributed by atoms with Gasteiger partial charge in [-0.25, -0.2) is 4.39 Å². The molecule has 0 atom stereocenters. The summed E-state index contributed by atoms with van der Waals surface area (Å²) in [5, 5.41) is 1.01. The number of nitrogens with zero attached hydrogens (tertiary/aromatic N) is 1. The second kappa shape index (κ2) is 3.80. The molecule has 0 bridgehead atoms. The minimum atomic E-state index is -0.165. The van der Waals surface area contributed by atoms with E-state index in [2.05, 4.69) is 18.8 Å². The molecule has 0 amide bonds. The van der Waals surface area contributed by atoms with Crippen LogP contribution in [0.3, 0.4) is 0 Å². The molecule has 1 aliphatic carbocycles. The van der Waals surface area contributed by atoms with E-state index in [1.165, 1.54) is 30.0 Å². The van der Waals surface area contributed by atoms with Crippen molar-refractivity contribution in [1.29, 1.82) is 0 Å². The van der Waals surface area contributed by atoms with Gasteiger partial charge in [-0.15, -0.1) is 0 Å². The van der Waals surface area contributed by atoms with E-state index in [9.17, 15) is 4.39 Å². The first-order valence-corrected chi connectivity index (χ1v) is 6.25. The zero-order valence-electron chi connectivity index (χ0n) is 10.2. The maximum atomic E-state index is 13.4. The first-order chi connectivity index (χ1) is 8.16. The van der Waals surface area contributed by atoms with Gasteiger partial charge in [0.05, 0.1) is 5.52 Å². The fraction of sp³-hybridized carbons (Fsp3) is 0.400. The summed E-state index contributed by atoms with van der Waals surface area (Å²) in [7, 11) is 0. The second-order valence-electron chi connectivity index (χ2n) is 5.22. The number of hydrogen-bond acceptors (Lipinski definition) is 1. The minimum Gasteiger partial charge on any atom is -0.256 e. The van der Waals surface area contributed by atoms with Gasteiger partial charge in [0.15, 0.2) is 0 Å². The van der Waals surface area contributed by atoms with Gasteiger partial charge >= 0.3 is 0 Å². The third-order valence-electron chi connectivity index (χ3n) is 3.51. The highest BCUT2D eigenvalue weighted by molar-refractivity contribution is 5.84. The molecule has 1 aromatic heterocycles. The molecule has 0 unspecified atom stereocenters. The normalized spacial score (nSPS) is 15.8. The molecule has 1 aliphatic rings. The summed E-state index contributed by atoms with van der Waals surface area (Å²) in [5.74, 6) is 0.910. The molecule has 0 spiro atoms. The van der Waals surface area contributed by atoms with Crippen molar-refractivity contribution in [3.63, 3.8) is 0 Å². The van der Waals surface area contributed by atoms with Crippen molar-refractivity contribution in [3.05, 3.63) is 41.3 Å². The number of rotatable bonds is 2. The van der Waals surface area contributed by atoms with E-state index >= 15 is 0 Å². The number of fused-ring (bicyclic) bond motifs is 1. The predicted molar refractivity (Wildman–Crippen MR) is 67.8 cm³/mol. The molecule has 3 rings (SSSR count). The molecule has 2 heteroatoms. The Balaban J connectivity index is 2.32. The summed E-state index contributed by atoms with van der Waals surface area (Å²) in [6.45, 7) is 4.35. The summed E-state index contributed by atoms with van der Waals surface area (Å²) in [4.78, 5) is 4.45. The average Bonchev–Trinajstić information content (AvgIpc) is 3.11. The molecule has 2 aromatic rings. The quantitative estimate of drug-likeness (QED) is 0.745. The van der Waals surface area contributed by atoms with Crippen LogP contribution in [0.5, 0.6) is 0 Å². The van der Waals surface area contributed by atoms with Gasteiger partial charge in [0.25, 0.3) is 0 Å². The van der Waals surface area contributed by atoms with Crippen LogP contribution in [0.4, 0.5) is 4.39 Å². The smallest absolute Gasteiger partial charge is 0.123 e. The van der Waals surface area contributed by atoms with Crippen LogP contribution in [-0.4, -0.2) is 4.98 Å². The third kappa shape index (κ3) is 1.82. The molecule has 17 heavy (non-hydrogen) atoms. The van der Waals surface area contributed by atoms with Gasteiger partial charge in [-0.1, -0.05) is 13.8 Å². The lowest BCUT2D eigenvalue weighted by molar-refractivity contribution is 0.629. The highest BCUT2D eigenvalue weighted by Crippen LogP contribution is 2.46. The van der Waals surface area contributed by atoms with Gasteiger partial charge in [-0.3, -0.25) is 4.98 Å². The standard InChI is InChI=1S/C15H16FN/c1-9(2)13-8-17-14-6-5-11(16)7-12(14)15(13)10-3-4-10/h5-10H,3-4H2,1-2H3. The number of benzene rings is 1. The molecule has 0 radical (unpaired) electrons. The minimum absolute atomic E-state index is 0.165. The van der Waals surface area contributed by atoms with Gasteiger partial charge in [0.1, 0.15) is 5.82 Å². The Morgan fingerprint density at radius 2 is 2.06 bits per heavy atom. The van der Waals surface area contributed by atoms with Crippen LogP contribution in [-0.2, 0) is 0 Å². The van der Waals surface area contributed by atoms with Crippen molar-refractivity contribution in [2.45, 2.75) is 38.5 Å². The number of aromatic nitrogens is 1. The fourth-order valence-corrected chi connectivity index (χ4v) is 2.49. The van der Waals surface area contributed by atoms with Crippen molar-refractivity contribution in [2.24, 2.45) is 0 Å². The topological polar surface area (TPSA) is 12.9 Å². The van der Waals surface area contributed by atoms with Crippen LogP contribution in [0, 0.1) is 5.82 Å². The number of hydrogen-bond donors (Lipinski definition) is 0. The molecule has 0 aliphatic heterocycles. The molecule has 0 saturated heterocycles. The van der Waals surface area contributed by atoms with E-state index in [1.54, 1.807) is 12.1 Å². The fourth-order valence-electron chi connectivity index (χ4n) is 2.49. The van der Waals surface area contributed by atoms with E-state index in [4.69, 9.17) is 0 Å². The zero-order chi connectivity index (χ0) is 12.0. The van der Waals surface area contributed by atoms with Crippen molar-refractivity contribution in [1.82, 2.24) is 4.98 Å². The Hall–Kier alpha value is -1.44. The lowest BCUT2D eigenvalue weighted by Gasteiger charge is -2.14. The van der Waals surface area contributed by atoms with Gasteiger partial charge in [0, 0.05) is 11.6 Å². The Bertz CT molecular complexity index is 570. The zero-order valence-corrected chi connectivity index (χ0v) is 10.2. The van der Waals surface area contributed by atoms with Gasteiger partial charge in [-0.05, 0) is 54.0 Å². The van der Waals surface area contributed by atoms with E-state index in [1.807, 2.05) is 6.20 Å². The Morgan fingerprint density at radius 3 is 2.71 bits per heavy atom. The summed E-state index contributed by atoms with van der Waals surface area (Å²) in [6, 6.07) is 4.91. The molecule has 1 aromatic carbocycles. The van der Waals surface area contributed by atoms with Crippen LogP contribution in [0.1, 0.15) is 49.7 Å². The first kappa shape index (κ1) is 10.7. The Labute approximate surface area is 101 Å². The van der Waals surface area contributed by atoms with Gasteiger partial charge in [0.2, 0.25) is 0 Å². The van der Waals surface area contributed by atoms with E-state index in [0.29, 0.717) is 11.8 Å². The van der Waals surface area contributed by atoms with Crippen molar-refractivity contribution in [2.75, 3.05) is 0 Å². The predicted octanol–water partition coefficient (Wildman–Crippen LogP) is 4.37. The summed E-state index contributed by atoms with van der Waals surface area (Å²) in [5.41, 5.74) is 3.54. The van der Waals surface area contributed by atoms with Crippen LogP contribution < -0.4 is 0 Å². The summed E-state index contributed by atoms with van der Waals surface area (Å²) >= 11 is 0. The molecular weight excluding hydrogens is 213 g/mol. The first-order valence-electron chi connectivity index (χ1n) is 6.25. The molecule has 1 nitrogen and oxygen atoms in total. The number of pyridine rings is 1. The van der Waals surface area contributed by atoms with Crippen molar-refractivity contribution < 1.29 is 4.39 Å². The SMILES string of the molecule is CC(C)c1cnc2ccc(F)cc2c1C1CC1. The van der Waals surface area contributed by atoms with Crippen LogP contribution in [0.2, 0.25) is 0 Å². The molecule has 1 saturated carbocycles. The van der Waals surface area contributed by atoms with Gasteiger partial charge in [-0.2, -0.15) is 0 Å². The van der Waals surface area contributed by atoms with E-state index < -0.39 is 0 Å². The summed E-state index contributed by atoms with van der Waals surface area (Å²) in [6.07, 6.45) is 4.43. The van der Waals surface area contributed by atoms with Gasteiger partial charge < -0.3 is 0 Å². The lowest BCUT2D eigenvalue weighted by atomic mass is 9.93. The third-order valence-corrected chi connectivity index (χ3v) is 3.51. The maximum Gasteiger partial charge on any atom is 0.123 e. The van der Waals surface area contributed by atoms with Crippen molar-refractivity contribution >= 4 is 10.9 Å². The van der Waals surface area contributed by atoms with Crippen LogP contribution in [0.15, 0.2) is 24.4 Å². The molecule has 88 valence electrons. The van der Waals surface area contributed by atoms with Crippen LogP contribution >= 0.6 is 0 Å². The second-order valence-corrected chi connectivity index (χ2v) is 5.22. The summed E-state index contributed by atoms with van der Waals surface area (Å²) < 4.78 is 13.4. The number of halogens is 1. The van der Waals surface area contributed by atoms with Crippen molar-refractivity contribution in [3.8, 4) is 0 Å². The largest absolute Gasteiger partial charge is 0.256 e. The molecule has 0 N–H and O–H groups in total. The average molecular weight is 229 g/mol. The monoisotopic (exact) mass is 229 g/mol.